The van der Waals surface area contributed by atoms with Crippen LogP contribution in [-0.4, -0.2) is 33.4 Å². The summed E-state index contributed by atoms with van der Waals surface area (Å²) in [5.74, 6) is 0.497. The molecule has 1 atom stereocenters. The molecule has 1 aromatic heterocycles. The van der Waals surface area contributed by atoms with E-state index in [2.05, 4.69) is 36.4 Å². The molecule has 3 aromatic rings. The molecule has 0 fully saturated rings. The molecular weight excluding hydrogens is 435 g/mol. The highest BCUT2D eigenvalue weighted by Crippen LogP contribution is 2.25. The first-order valence-corrected chi connectivity index (χ1v) is 9.63. The van der Waals surface area contributed by atoms with Gasteiger partial charge in [0, 0.05) is 10.0 Å². The number of benzene rings is 2. The van der Waals surface area contributed by atoms with Crippen molar-refractivity contribution in [3.8, 4) is 17.1 Å². The molecule has 3 rings (SSSR count). The molecule has 0 aliphatic rings. The molecule has 6 nitrogen and oxygen atoms in total. The van der Waals surface area contributed by atoms with E-state index in [4.69, 9.17) is 4.74 Å². The van der Waals surface area contributed by atoms with Gasteiger partial charge in [0.1, 0.15) is 11.6 Å². The molecule has 2 aromatic carbocycles. The van der Waals surface area contributed by atoms with Crippen molar-refractivity contribution in [3.05, 3.63) is 52.8 Å². The van der Waals surface area contributed by atoms with Crippen LogP contribution >= 0.6 is 27.7 Å². The Morgan fingerprint density at radius 1 is 1.30 bits per heavy atom. The minimum atomic E-state index is -0.507. The van der Waals surface area contributed by atoms with Gasteiger partial charge in [-0.3, -0.25) is 9.89 Å². The molecule has 2 N–H and O–H groups in total. The van der Waals surface area contributed by atoms with Gasteiger partial charge >= 0.3 is 0 Å². The Bertz CT molecular complexity index is 949. The van der Waals surface area contributed by atoms with Gasteiger partial charge in [-0.15, -0.1) is 5.10 Å². The fourth-order valence-electron chi connectivity index (χ4n) is 2.21. The summed E-state index contributed by atoms with van der Waals surface area (Å²) in [5, 5.41) is 9.48. The molecule has 27 heavy (non-hydrogen) atoms. The van der Waals surface area contributed by atoms with Crippen molar-refractivity contribution in [2.24, 2.45) is 0 Å². The number of thioether (sulfide) groups is 1. The molecule has 1 heterocycles. The maximum absolute atomic E-state index is 13.9. The minimum absolute atomic E-state index is 0.129. The summed E-state index contributed by atoms with van der Waals surface area (Å²) < 4.78 is 19.6. The van der Waals surface area contributed by atoms with E-state index < -0.39 is 11.1 Å². The van der Waals surface area contributed by atoms with Gasteiger partial charge in [0.25, 0.3) is 0 Å². The lowest BCUT2D eigenvalue weighted by atomic mass is 10.2. The Kier molecular flexibility index (Phi) is 6.12. The largest absolute Gasteiger partial charge is 0.497 e. The van der Waals surface area contributed by atoms with Crippen LogP contribution in [-0.2, 0) is 4.79 Å². The zero-order valence-electron chi connectivity index (χ0n) is 14.5. The highest BCUT2D eigenvalue weighted by atomic mass is 79.9. The van der Waals surface area contributed by atoms with Gasteiger partial charge in [0.15, 0.2) is 5.82 Å². The number of ether oxygens (including phenoxy) is 1. The van der Waals surface area contributed by atoms with Crippen LogP contribution in [0.15, 0.2) is 52.1 Å². The van der Waals surface area contributed by atoms with Gasteiger partial charge in [0.05, 0.1) is 18.0 Å². The summed E-state index contributed by atoms with van der Waals surface area (Å²) in [4.78, 5) is 16.7. The zero-order chi connectivity index (χ0) is 19.4. The molecule has 0 aliphatic carbocycles. The maximum atomic E-state index is 13.9. The van der Waals surface area contributed by atoms with Crippen LogP contribution in [0.4, 0.5) is 10.1 Å². The number of anilines is 1. The molecule has 1 amide bonds. The number of amides is 1. The monoisotopic (exact) mass is 450 g/mol. The number of nitrogens with zero attached hydrogens (tertiary/aromatic N) is 2. The summed E-state index contributed by atoms with van der Waals surface area (Å²) >= 11 is 4.36. The van der Waals surface area contributed by atoms with Gasteiger partial charge in [-0.05, 0) is 49.4 Å². The Hall–Kier alpha value is -2.39. The number of nitrogens with one attached hydrogen (secondary N) is 2. The lowest BCUT2D eigenvalue weighted by Crippen LogP contribution is -2.23. The average Bonchev–Trinajstić information content (AvgIpc) is 3.12. The van der Waals surface area contributed by atoms with E-state index in [1.807, 2.05) is 24.3 Å². The van der Waals surface area contributed by atoms with Gasteiger partial charge in [0.2, 0.25) is 11.1 Å². The number of rotatable bonds is 6. The van der Waals surface area contributed by atoms with Gasteiger partial charge in [-0.2, -0.15) is 0 Å². The van der Waals surface area contributed by atoms with E-state index in [0.29, 0.717) is 15.5 Å². The maximum Gasteiger partial charge on any atom is 0.237 e. The number of carbonyl (C=O) groups excluding carboxylic acids is 1. The first kappa shape index (κ1) is 19.4. The van der Waals surface area contributed by atoms with Crippen LogP contribution in [0.2, 0.25) is 0 Å². The van der Waals surface area contributed by atoms with Crippen molar-refractivity contribution in [3.63, 3.8) is 0 Å². The highest BCUT2D eigenvalue weighted by Gasteiger charge is 2.19. The van der Waals surface area contributed by atoms with E-state index in [1.165, 1.54) is 23.9 Å². The smallest absolute Gasteiger partial charge is 0.237 e. The van der Waals surface area contributed by atoms with Crippen LogP contribution in [0, 0.1) is 5.82 Å². The van der Waals surface area contributed by atoms with Crippen molar-refractivity contribution >= 4 is 39.3 Å². The molecule has 9 heteroatoms. The molecule has 0 saturated carbocycles. The molecule has 0 saturated heterocycles. The molecule has 0 radical (unpaired) electrons. The van der Waals surface area contributed by atoms with Crippen molar-refractivity contribution in [2.45, 2.75) is 17.3 Å². The van der Waals surface area contributed by atoms with Gasteiger partial charge in [-0.1, -0.05) is 27.7 Å². The molecule has 0 bridgehead atoms. The van der Waals surface area contributed by atoms with Gasteiger partial charge in [-0.25, -0.2) is 9.37 Å². The van der Waals surface area contributed by atoms with Crippen LogP contribution in [0.3, 0.4) is 0 Å². The van der Waals surface area contributed by atoms with Crippen molar-refractivity contribution in [1.29, 1.82) is 0 Å². The standard InChI is InChI=1S/C18H16BrFN4O2S/c1-10(17(25)21-15-8-5-12(19)9-14(15)20)27-18-22-16(23-24-18)11-3-6-13(26-2)7-4-11/h3-10H,1-2H3,(H,21,25)(H,22,23,24). The quantitative estimate of drug-likeness (QED) is 0.540. The Morgan fingerprint density at radius 2 is 2.04 bits per heavy atom. The number of H-pyrrole nitrogens is 1. The average molecular weight is 451 g/mol. The van der Waals surface area contributed by atoms with E-state index in [9.17, 15) is 9.18 Å². The fraction of sp³-hybridized carbons (Fsp3) is 0.167. The minimum Gasteiger partial charge on any atom is -0.497 e. The SMILES string of the molecule is COc1ccc(-c2nc(SC(C)C(=O)Nc3ccc(Br)cc3F)n[nH]2)cc1. The third-order valence-electron chi connectivity index (χ3n) is 3.67. The summed E-state index contributed by atoms with van der Waals surface area (Å²) in [5.41, 5.74) is 0.980. The molecule has 0 aliphatic heterocycles. The predicted octanol–water partition coefficient (Wildman–Crippen LogP) is 4.50. The second-order valence-electron chi connectivity index (χ2n) is 5.57. The summed E-state index contributed by atoms with van der Waals surface area (Å²) in [6.45, 7) is 1.71. The second-order valence-corrected chi connectivity index (χ2v) is 7.79. The number of methoxy groups -OCH3 is 1. The lowest BCUT2D eigenvalue weighted by molar-refractivity contribution is -0.115. The molecule has 1 unspecified atom stereocenters. The first-order valence-electron chi connectivity index (χ1n) is 7.95. The summed E-state index contributed by atoms with van der Waals surface area (Å²) in [7, 11) is 1.60. The first-order chi connectivity index (χ1) is 13.0. The third-order valence-corrected chi connectivity index (χ3v) is 5.12. The Morgan fingerprint density at radius 3 is 2.70 bits per heavy atom. The van der Waals surface area contributed by atoms with Crippen molar-refractivity contribution < 1.29 is 13.9 Å². The van der Waals surface area contributed by atoms with Crippen molar-refractivity contribution in [2.75, 3.05) is 12.4 Å². The molecule has 0 spiro atoms. The van der Waals surface area contributed by atoms with Crippen LogP contribution < -0.4 is 10.1 Å². The van der Waals surface area contributed by atoms with Crippen molar-refractivity contribution in [1.82, 2.24) is 15.2 Å². The fourth-order valence-corrected chi connectivity index (χ4v) is 3.27. The normalized spacial score (nSPS) is 11.9. The summed E-state index contributed by atoms with van der Waals surface area (Å²) in [6, 6.07) is 11.8. The number of hydrogen-bond donors (Lipinski definition) is 2. The zero-order valence-corrected chi connectivity index (χ0v) is 16.9. The van der Waals surface area contributed by atoms with E-state index in [1.54, 1.807) is 20.1 Å². The third kappa shape index (κ3) is 4.86. The van der Waals surface area contributed by atoms with Crippen LogP contribution in [0.5, 0.6) is 5.75 Å². The number of halogens is 2. The Balaban J connectivity index is 1.64. The molecular formula is C18H16BrFN4O2S. The summed E-state index contributed by atoms with van der Waals surface area (Å²) in [6.07, 6.45) is 0. The number of aromatic nitrogens is 3. The number of hydrogen-bond acceptors (Lipinski definition) is 5. The number of aromatic amines is 1. The van der Waals surface area contributed by atoms with Crippen LogP contribution in [0.1, 0.15) is 6.92 Å². The number of carbonyl (C=O) groups is 1. The van der Waals surface area contributed by atoms with Crippen LogP contribution in [0.25, 0.3) is 11.4 Å². The van der Waals surface area contributed by atoms with E-state index in [0.717, 1.165) is 11.3 Å². The van der Waals surface area contributed by atoms with E-state index >= 15 is 0 Å². The highest BCUT2D eigenvalue weighted by molar-refractivity contribution is 9.10. The molecule has 140 valence electrons. The topological polar surface area (TPSA) is 79.9 Å². The van der Waals surface area contributed by atoms with E-state index in [-0.39, 0.29) is 11.6 Å². The second kappa shape index (κ2) is 8.53. The predicted molar refractivity (Wildman–Crippen MR) is 106 cm³/mol. The lowest BCUT2D eigenvalue weighted by Gasteiger charge is -2.11. The Labute approximate surface area is 168 Å². The van der Waals surface area contributed by atoms with Gasteiger partial charge < -0.3 is 10.1 Å².